The van der Waals surface area contributed by atoms with Crippen molar-refractivity contribution in [3.8, 4) is 0 Å². The van der Waals surface area contributed by atoms with Crippen molar-refractivity contribution >= 4 is 5.91 Å². The topological polar surface area (TPSA) is 58.4 Å². The molecule has 4 heteroatoms. The Balaban J connectivity index is 2.10. The lowest BCUT2D eigenvalue weighted by Gasteiger charge is -2.37. The van der Waals surface area contributed by atoms with Crippen LogP contribution >= 0.6 is 0 Å². The summed E-state index contributed by atoms with van der Waals surface area (Å²) in [6, 6.07) is 8.76. The van der Waals surface area contributed by atoms with Gasteiger partial charge in [-0.3, -0.25) is 9.69 Å². The number of rotatable bonds is 4. The van der Waals surface area contributed by atoms with Crippen molar-refractivity contribution in [3.63, 3.8) is 0 Å². The maximum atomic E-state index is 11.8. The number of piperidine rings is 1. The summed E-state index contributed by atoms with van der Waals surface area (Å²) in [5.74, 6) is 0.239. The van der Waals surface area contributed by atoms with Crippen LogP contribution in [0.5, 0.6) is 0 Å². The highest BCUT2D eigenvalue weighted by atomic mass is 16.1. The third kappa shape index (κ3) is 3.38. The van der Waals surface area contributed by atoms with Crippen LogP contribution in [0.25, 0.3) is 0 Å². The Labute approximate surface area is 121 Å². The molecule has 20 heavy (non-hydrogen) atoms. The number of aryl methyl sites for hydroxylation is 1. The molecule has 0 aliphatic carbocycles. The summed E-state index contributed by atoms with van der Waals surface area (Å²) in [6.07, 6.45) is 2.03. The van der Waals surface area contributed by atoms with E-state index in [2.05, 4.69) is 41.4 Å². The fourth-order valence-corrected chi connectivity index (χ4v) is 2.99. The van der Waals surface area contributed by atoms with Crippen LogP contribution in [0.15, 0.2) is 24.3 Å². The zero-order chi connectivity index (χ0) is 14.5. The van der Waals surface area contributed by atoms with E-state index in [0.29, 0.717) is 6.54 Å². The highest BCUT2D eigenvalue weighted by Crippen LogP contribution is 2.26. The van der Waals surface area contributed by atoms with Crippen molar-refractivity contribution in [3.05, 3.63) is 35.4 Å². The van der Waals surface area contributed by atoms with Gasteiger partial charge in [-0.2, -0.15) is 0 Å². The average Bonchev–Trinajstić information content (AvgIpc) is 2.49. The quantitative estimate of drug-likeness (QED) is 0.874. The normalized spacial score (nSPS) is 21.4. The van der Waals surface area contributed by atoms with E-state index in [-0.39, 0.29) is 17.9 Å². The molecule has 0 bridgehead atoms. The molecule has 0 radical (unpaired) electrons. The lowest BCUT2D eigenvalue weighted by Crippen LogP contribution is -2.45. The van der Waals surface area contributed by atoms with Crippen LogP contribution in [0.4, 0.5) is 0 Å². The number of hydrogen-bond acceptors (Lipinski definition) is 3. The predicted octanol–water partition coefficient (Wildman–Crippen LogP) is 1.45. The van der Waals surface area contributed by atoms with E-state index in [0.717, 1.165) is 25.9 Å². The van der Waals surface area contributed by atoms with Crippen molar-refractivity contribution in [1.82, 2.24) is 10.2 Å². The molecular formula is C16H25N3O. The van der Waals surface area contributed by atoms with Crippen LogP contribution in [-0.4, -0.2) is 37.5 Å². The first-order valence-electron chi connectivity index (χ1n) is 7.38. The molecule has 2 atom stereocenters. The lowest BCUT2D eigenvalue weighted by molar-refractivity contribution is -0.126. The molecule has 110 valence electrons. The van der Waals surface area contributed by atoms with Crippen molar-refractivity contribution in [2.45, 2.75) is 25.8 Å². The van der Waals surface area contributed by atoms with Gasteiger partial charge in [0.15, 0.2) is 0 Å². The first kappa shape index (κ1) is 15.0. The lowest BCUT2D eigenvalue weighted by atomic mass is 9.94. The van der Waals surface area contributed by atoms with Crippen LogP contribution in [0.2, 0.25) is 0 Å². The monoisotopic (exact) mass is 275 g/mol. The van der Waals surface area contributed by atoms with Crippen LogP contribution in [-0.2, 0) is 4.79 Å². The number of carbonyl (C=O) groups is 1. The third-order valence-electron chi connectivity index (χ3n) is 4.20. The van der Waals surface area contributed by atoms with Gasteiger partial charge in [-0.25, -0.2) is 0 Å². The van der Waals surface area contributed by atoms with E-state index in [4.69, 9.17) is 5.73 Å². The van der Waals surface area contributed by atoms with Crippen molar-refractivity contribution in [2.75, 3.05) is 26.7 Å². The predicted molar refractivity (Wildman–Crippen MR) is 81.3 cm³/mol. The molecule has 1 aliphatic heterocycles. The zero-order valence-electron chi connectivity index (χ0n) is 12.4. The highest BCUT2D eigenvalue weighted by Gasteiger charge is 2.29. The Morgan fingerprint density at radius 3 is 2.75 bits per heavy atom. The summed E-state index contributed by atoms with van der Waals surface area (Å²) in [4.78, 5) is 14.2. The van der Waals surface area contributed by atoms with Gasteiger partial charge in [0.05, 0.1) is 5.92 Å². The van der Waals surface area contributed by atoms with Crippen LogP contribution in [0.1, 0.15) is 30.0 Å². The molecule has 1 fully saturated rings. The highest BCUT2D eigenvalue weighted by molar-refractivity contribution is 5.78. The maximum absolute atomic E-state index is 11.8. The number of benzene rings is 1. The molecule has 1 saturated heterocycles. The Morgan fingerprint density at radius 2 is 2.15 bits per heavy atom. The molecule has 1 aliphatic rings. The van der Waals surface area contributed by atoms with Crippen LogP contribution < -0.4 is 11.1 Å². The smallest absolute Gasteiger partial charge is 0.224 e. The second-order valence-corrected chi connectivity index (χ2v) is 5.61. The summed E-state index contributed by atoms with van der Waals surface area (Å²) in [6.45, 7) is 4.49. The van der Waals surface area contributed by atoms with E-state index in [1.165, 1.54) is 11.1 Å². The second-order valence-electron chi connectivity index (χ2n) is 5.61. The Morgan fingerprint density at radius 1 is 1.45 bits per heavy atom. The third-order valence-corrected chi connectivity index (χ3v) is 4.20. The van der Waals surface area contributed by atoms with Crippen LogP contribution in [0, 0.1) is 12.8 Å². The van der Waals surface area contributed by atoms with E-state index in [9.17, 15) is 4.79 Å². The first-order chi connectivity index (χ1) is 9.65. The summed E-state index contributed by atoms with van der Waals surface area (Å²) in [7, 11) is 1.71. The number of nitrogens with zero attached hydrogens (tertiary/aromatic N) is 1. The Kier molecular flexibility index (Phi) is 5.15. The van der Waals surface area contributed by atoms with Gasteiger partial charge in [0.2, 0.25) is 5.91 Å². The number of nitrogens with one attached hydrogen (secondary N) is 1. The minimum atomic E-state index is 0.0910. The minimum absolute atomic E-state index is 0.0910. The van der Waals surface area contributed by atoms with Gasteiger partial charge < -0.3 is 11.1 Å². The largest absolute Gasteiger partial charge is 0.359 e. The van der Waals surface area contributed by atoms with Gasteiger partial charge in [-0.1, -0.05) is 29.8 Å². The van der Waals surface area contributed by atoms with Gasteiger partial charge in [-0.15, -0.1) is 0 Å². The molecule has 1 heterocycles. The summed E-state index contributed by atoms with van der Waals surface area (Å²) < 4.78 is 0. The van der Waals surface area contributed by atoms with Gasteiger partial charge in [0.1, 0.15) is 0 Å². The standard InChI is InChI=1S/C16H25N3O/c1-12-5-7-13(8-6-12)15(10-17)19-9-3-4-14(11-19)16(20)18-2/h5-8,14-15H,3-4,9-11,17H2,1-2H3,(H,18,20). The molecule has 1 aromatic carbocycles. The molecule has 1 amide bonds. The molecule has 1 aromatic rings. The summed E-state index contributed by atoms with van der Waals surface area (Å²) >= 11 is 0. The second kappa shape index (κ2) is 6.86. The van der Waals surface area contributed by atoms with Gasteiger partial charge in [-0.05, 0) is 31.9 Å². The molecule has 0 aromatic heterocycles. The number of likely N-dealkylation sites (tertiary alicyclic amines) is 1. The number of amides is 1. The van der Waals surface area contributed by atoms with Gasteiger partial charge >= 0.3 is 0 Å². The van der Waals surface area contributed by atoms with E-state index >= 15 is 0 Å². The van der Waals surface area contributed by atoms with Gasteiger partial charge in [0.25, 0.3) is 0 Å². The maximum Gasteiger partial charge on any atom is 0.224 e. The summed E-state index contributed by atoms with van der Waals surface area (Å²) in [5, 5.41) is 2.76. The fourth-order valence-electron chi connectivity index (χ4n) is 2.99. The average molecular weight is 275 g/mol. The number of carbonyl (C=O) groups excluding carboxylic acids is 1. The summed E-state index contributed by atoms with van der Waals surface area (Å²) in [5.41, 5.74) is 8.49. The Bertz CT molecular complexity index is 444. The molecule has 2 unspecified atom stereocenters. The van der Waals surface area contributed by atoms with Crippen LogP contribution in [0.3, 0.4) is 0 Å². The Hall–Kier alpha value is -1.39. The van der Waals surface area contributed by atoms with Crippen molar-refractivity contribution in [2.24, 2.45) is 11.7 Å². The van der Waals surface area contributed by atoms with Crippen molar-refractivity contribution < 1.29 is 4.79 Å². The van der Waals surface area contributed by atoms with Gasteiger partial charge in [0, 0.05) is 26.2 Å². The SMILES string of the molecule is CNC(=O)C1CCCN(C(CN)c2ccc(C)cc2)C1. The number of nitrogens with two attached hydrogens (primary N) is 1. The van der Waals surface area contributed by atoms with E-state index in [1.54, 1.807) is 7.05 Å². The molecule has 2 rings (SSSR count). The number of hydrogen-bond donors (Lipinski definition) is 2. The minimum Gasteiger partial charge on any atom is -0.359 e. The molecule has 0 saturated carbocycles. The van der Waals surface area contributed by atoms with E-state index < -0.39 is 0 Å². The molecule has 4 nitrogen and oxygen atoms in total. The fraction of sp³-hybridized carbons (Fsp3) is 0.562. The van der Waals surface area contributed by atoms with E-state index in [1.807, 2.05) is 0 Å². The van der Waals surface area contributed by atoms with Crippen molar-refractivity contribution in [1.29, 1.82) is 0 Å². The molecular weight excluding hydrogens is 250 g/mol. The molecule has 0 spiro atoms. The molecule has 3 N–H and O–H groups in total. The zero-order valence-corrected chi connectivity index (χ0v) is 12.4. The first-order valence-corrected chi connectivity index (χ1v) is 7.38.